The second-order valence-corrected chi connectivity index (χ2v) is 4.52. The van der Waals surface area contributed by atoms with Gasteiger partial charge in [-0.3, -0.25) is 4.79 Å². The van der Waals surface area contributed by atoms with E-state index in [-0.39, 0.29) is 12.5 Å². The Morgan fingerprint density at radius 3 is 2.67 bits per heavy atom. The molecule has 0 unspecified atom stereocenters. The van der Waals surface area contributed by atoms with E-state index in [0.717, 1.165) is 12.0 Å². The second-order valence-electron chi connectivity index (χ2n) is 4.52. The quantitative estimate of drug-likeness (QED) is 0.385. The molecule has 1 aromatic rings. The van der Waals surface area contributed by atoms with Gasteiger partial charge in [-0.25, -0.2) is 4.99 Å². The van der Waals surface area contributed by atoms with E-state index in [4.69, 9.17) is 0 Å². The third-order valence-corrected chi connectivity index (χ3v) is 2.66. The van der Waals surface area contributed by atoms with Gasteiger partial charge in [0.2, 0.25) is 5.91 Å². The minimum absolute atomic E-state index is 0.0373. The molecule has 1 rings (SSSR count). The van der Waals surface area contributed by atoms with Crippen molar-refractivity contribution in [3.8, 4) is 0 Å². The average molecular weight is 288 g/mol. The number of rotatable bonds is 8. The van der Waals surface area contributed by atoms with E-state index in [0.29, 0.717) is 25.6 Å². The topological polar surface area (TPSA) is 65.5 Å². The maximum absolute atomic E-state index is 11.6. The van der Waals surface area contributed by atoms with Crippen LogP contribution in [-0.4, -0.2) is 31.5 Å². The van der Waals surface area contributed by atoms with Crippen LogP contribution in [0.25, 0.3) is 0 Å². The number of amides is 1. The number of hydrogen-bond donors (Lipinski definition) is 3. The van der Waals surface area contributed by atoms with E-state index in [1.165, 1.54) is 0 Å². The molecule has 0 aliphatic rings. The molecule has 0 radical (unpaired) electrons. The molecule has 21 heavy (non-hydrogen) atoms. The van der Waals surface area contributed by atoms with Crippen molar-refractivity contribution in [3.05, 3.63) is 48.6 Å². The average Bonchev–Trinajstić information content (AvgIpc) is 2.53. The predicted molar refractivity (Wildman–Crippen MR) is 87.1 cm³/mol. The van der Waals surface area contributed by atoms with E-state index in [2.05, 4.69) is 27.5 Å². The minimum atomic E-state index is -0.0373. The first-order chi connectivity index (χ1) is 10.3. The maximum Gasteiger partial charge on any atom is 0.239 e. The van der Waals surface area contributed by atoms with Gasteiger partial charge in [0.05, 0.1) is 13.1 Å². The molecule has 0 spiro atoms. The zero-order valence-electron chi connectivity index (χ0n) is 12.6. The molecule has 0 aromatic heterocycles. The third-order valence-electron chi connectivity index (χ3n) is 2.66. The first-order valence-electron chi connectivity index (χ1n) is 7.20. The molecular formula is C16H24N4O. The highest BCUT2D eigenvalue weighted by Crippen LogP contribution is 1.99. The number of carbonyl (C=O) groups is 1. The van der Waals surface area contributed by atoms with Crippen molar-refractivity contribution in [2.45, 2.75) is 19.9 Å². The van der Waals surface area contributed by atoms with Crippen LogP contribution in [-0.2, 0) is 11.3 Å². The summed E-state index contributed by atoms with van der Waals surface area (Å²) >= 11 is 0. The highest BCUT2D eigenvalue weighted by molar-refractivity contribution is 5.86. The summed E-state index contributed by atoms with van der Waals surface area (Å²) in [7, 11) is 0. The summed E-state index contributed by atoms with van der Waals surface area (Å²) in [5.74, 6) is 0.565. The Morgan fingerprint density at radius 1 is 1.24 bits per heavy atom. The van der Waals surface area contributed by atoms with Crippen molar-refractivity contribution in [1.29, 1.82) is 0 Å². The van der Waals surface area contributed by atoms with Gasteiger partial charge in [0.25, 0.3) is 0 Å². The van der Waals surface area contributed by atoms with Gasteiger partial charge in [-0.1, -0.05) is 43.3 Å². The molecule has 5 nitrogen and oxygen atoms in total. The molecule has 0 heterocycles. The van der Waals surface area contributed by atoms with Gasteiger partial charge < -0.3 is 16.0 Å². The molecule has 0 aliphatic carbocycles. The molecule has 1 aromatic carbocycles. The lowest BCUT2D eigenvalue weighted by Gasteiger charge is -2.11. The second kappa shape index (κ2) is 10.5. The first kappa shape index (κ1) is 16.8. The highest BCUT2D eigenvalue weighted by Gasteiger charge is 2.02. The zero-order chi connectivity index (χ0) is 15.3. The van der Waals surface area contributed by atoms with Crippen molar-refractivity contribution in [2.75, 3.05) is 19.6 Å². The standard InChI is InChI=1S/C16H24N4O/c1-3-10-17-15(21)13-20-16(18-11-4-2)19-12-14-8-6-5-7-9-14/h4-9H,2-3,10-13H2,1H3,(H,17,21)(H2,18,19,20). The fourth-order valence-electron chi connectivity index (χ4n) is 1.59. The van der Waals surface area contributed by atoms with Crippen LogP contribution >= 0.6 is 0 Å². The Balaban J connectivity index is 2.50. The molecule has 3 N–H and O–H groups in total. The van der Waals surface area contributed by atoms with Crippen molar-refractivity contribution in [3.63, 3.8) is 0 Å². The van der Waals surface area contributed by atoms with E-state index < -0.39 is 0 Å². The van der Waals surface area contributed by atoms with E-state index in [1.807, 2.05) is 37.3 Å². The van der Waals surface area contributed by atoms with Crippen molar-refractivity contribution in [1.82, 2.24) is 16.0 Å². The van der Waals surface area contributed by atoms with Gasteiger partial charge in [0.15, 0.2) is 5.96 Å². The largest absolute Gasteiger partial charge is 0.355 e. The smallest absolute Gasteiger partial charge is 0.239 e. The molecule has 114 valence electrons. The van der Waals surface area contributed by atoms with Gasteiger partial charge in [0, 0.05) is 13.1 Å². The SMILES string of the molecule is C=CCNC(=NCc1ccccc1)NCC(=O)NCCC. The summed E-state index contributed by atoms with van der Waals surface area (Å²) in [5.41, 5.74) is 1.12. The fourth-order valence-corrected chi connectivity index (χ4v) is 1.59. The molecule has 0 saturated heterocycles. The predicted octanol–water partition coefficient (Wildman–Crippen LogP) is 1.43. The highest BCUT2D eigenvalue weighted by atomic mass is 16.1. The number of benzene rings is 1. The Morgan fingerprint density at radius 2 is 2.00 bits per heavy atom. The number of aliphatic imine (C=N–C) groups is 1. The Labute approximate surface area is 126 Å². The van der Waals surface area contributed by atoms with Crippen LogP contribution in [0.5, 0.6) is 0 Å². The van der Waals surface area contributed by atoms with Gasteiger partial charge in [-0.2, -0.15) is 0 Å². The van der Waals surface area contributed by atoms with Gasteiger partial charge in [-0.15, -0.1) is 6.58 Å². The molecule has 0 fully saturated rings. The van der Waals surface area contributed by atoms with Crippen LogP contribution in [0.4, 0.5) is 0 Å². The molecule has 1 amide bonds. The fraction of sp³-hybridized carbons (Fsp3) is 0.375. The lowest BCUT2D eigenvalue weighted by Crippen LogP contribution is -2.43. The molecule has 0 saturated carbocycles. The summed E-state index contributed by atoms with van der Waals surface area (Å²) in [4.78, 5) is 16.0. The van der Waals surface area contributed by atoms with E-state index in [9.17, 15) is 4.79 Å². The van der Waals surface area contributed by atoms with Crippen molar-refractivity contribution in [2.24, 2.45) is 4.99 Å². The van der Waals surface area contributed by atoms with Crippen LogP contribution in [0.1, 0.15) is 18.9 Å². The third kappa shape index (κ3) is 7.77. The summed E-state index contributed by atoms with van der Waals surface area (Å²) in [5, 5.41) is 8.92. The van der Waals surface area contributed by atoms with Gasteiger partial charge in [-0.05, 0) is 12.0 Å². The van der Waals surface area contributed by atoms with Crippen LogP contribution in [0.3, 0.4) is 0 Å². The zero-order valence-corrected chi connectivity index (χ0v) is 12.6. The molecule has 5 heteroatoms. The van der Waals surface area contributed by atoms with Crippen molar-refractivity contribution < 1.29 is 4.79 Å². The normalized spacial score (nSPS) is 10.8. The lowest BCUT2D eigenvalue weighted by molar-refractivity contribution is -0.120. The number of guanidine groups is 1. The Hall–Kier alpha value is -2.30. The summed E-state index contributed by atoms with van der Waals surface area (Å²) < 4.78 is 0. The number of nitrogens with zero attached hydrogens (tertiary/aromatic N) is 1. The van der Waals surface area contributed by atoms with Crippen LogP contribution in [0, 0.1) is 0 Å². The summed E-state index contributed by atoms with van der Waals surface area (Å²) in [6.45, 7) is 7.73. The van der Waals surface area contributed by atoms with Gasteiger partial charge in [0.1, 0.15) is 0 Å². The lowest BCUT2D eigenvalue weighted by atomic mass is 10.2. The van der Waals surface area contributed by atoms with Crippen molar-refractivity contribution >= 4 is 11.9 Å². The molecule has 0 atom stereocenters. The Kier molecular flexibility index (Phi) is 8.36. The number of carbonyl (C=O) groups excluding carboxylic acids is 1. The van der Waals surface area contributed by atoms with E-state index >= 15 is 0 Å². The number of hydrogen-bond acceptors (Lipinski definition) is 2. The van der Waals surface area contributed by atoms with E-state index in [1.54, 1.807) is 6.08 Å². The number of nitrogens with one attached hydrogen (secondary N) is 3. The molecule has 0 aliphatic heterocycles. The first-order valence-corrected chi connectivity index (χ1v) is 7.20. The minimum Gasteiger partial charge on any atom is -0.355 e. The van der Waals surface area contributed by atoms with Crippen LogP contribution < -0.4 is 16.0 Å². The van der Waals surface area contributed by atoms with Crippen LogP contribution in [0.2, 0.25) is 0 Å². The molecular weight excluding hydrogens is 264 g/mol. The van der Waals surface area contributed by atoms with Crippen LogP contribution in [0.15, 0.2) is 48.0 Å². The van der Waals surface area contributed by atoms with Gasteiger partial charge >= 0.3 is 0 Å². The Bertz CT molecular complexity index is 457. The molecule has 0 bridgehead atoms. The summed E-state index contributed by atoms with van der Waals surface area (Å²) in [6, 6.07) is 9.96. The maximum atomic E-state index is 11.6. The summed E-state index contributed by atoms with van der Waals surface area (Å²) in [6.07, 6.45) is 2.67. The monoisotopic (exact) mass is 288 g/mol.